The van der Waals surface area contributed by atoms with Gasteiger partial charge in [0, 0.05) is 17.5 Å². The Balaban J connectivity index is 2.12. The topological polar surface area (TPSA) is 54.7 Å². The Morgan fingerprint density at radius 2 is 2.06 bits per heavy atom. The van der Waals surface area contributed by atoms with Crippen LogP contribution in [0.25, 0.3) is 0 Å². The Kier molecular flexibility index (Phi) is 4.21. The number of imidazole rings is 1. The van der Waals surface area contributed by atoms with Gasteiger partial charge in [0.05, 0.1) is 5.69 Å². The van der Waals surface area contributed by atoms with Crippen molar-refractivity contribution in [3.8, 4) is 0 Å². The van der Waals surface area contributed by atoms with Crippen LogP contribution < -0.4 is 5.73 Å². The Morgan fingerprint density at radius 3 is 2.71 bits per heavy atom. The molecule has 1 aliphatic carbocycles. The molecule has 96 valence electrons. The van der Waals surface area contributed by atoms with Gasteiger partial charge in [0.2, 0.25) is 0 Å². The second kappa shape index (κ2) is 5.67. The summed E-state index contributed by atoms with van der Waals surface area (Å²) < 4.78 is 0. The Hall–Kier alpha value is -0.830. The number of aromatic nitrogens is 2. The van der Waals surface area contributed by atoms with E-state index < -0.39 is 0 Å². The highest BCUT2D eigenvalue weighted by molar-refractivity contribution is 5.19. The molecule has 0 bridgehead atoms. The van der Waals surface area contributed by atoms with Crippen molar-refractivity contribution in [2.24, 2.45) is 5.73 Å². The predicted octanol–water partition coefficient (Wildman–Crippen LogP) is 3.22. The molecule has 3 N–H and O–H groups in total. The molecule has 1 aromatic heterocycles. The first-order valence-electron chi connectivity index (χ1n) is 6.98. The highest BCUT2D eigenvalue weighted by atomic mass is 14.9. The summed E-state index contributed by atoms with van der Waals surface area (Å²) >= 11 is 0. The molecular weight excluding hydrogens is 210 g/mol. The standard InChI is InChI=1S/C14H25N3/c1-10(8-9-15)14-16-11(2)13(17-14)12-6-4-3-5-7-12/h10,12H,3-9,15H2,1-2H3,(H,16,17). The van der Waals surface area contributed by atoms with Crippen LogP contribution in [0.2, 0.25) is 0 Å². The molecule has 3 heteroatoms. The molecule has 0 aliphatic heterocycles. The van der Waals surface area contributed by atoms with Crippen LogP contribution in [0.4, 0.5) is 0 Å². The summed E-state index contributed by atoms with van der Waals surface area (Å²) in [7, 11) is 0. The van der Waals surface area contributed by atoms with E-state index in [0.717, 1.165) is 18.8 Å². The van der Waals surface area contributed by atoms with Gasteiger partial charge in [-0.05, 0) is 32.7 Å². The number of nitrogens with two attached hydrogens (primary N) is 1. The van der Waals surface area contributed by atoms with Gasteiger partial charge in [-0.2, -0.15) is 0 Å². The van der Waals surface area contributed by atoms with Crippen molar-refractivity contribution in [2.45, 2.75) is 64.2 Å². The molecular formula is C14H25N3. The molecule has 0 saturated heterocycles. The maximum Gasteiger partial charge on any atom is 0.109 e. The van der Waals surface area contributed by atoms with Crippen molar-refractivity contribution in [1.82, 2.24) is 9.97 Å². The van der Waals surface area contributed by atoms with Crippen molar-refractivity contribution in [3.05, 3.63) is 17.2 Å². The number of H-pyrrole nitrogens is 1. The molecule has 1 saturated carbocycles. The van der Waals surface area contributed by atoms with E-state index in [0.29, 0.717) is 11.8 Å². The summed E-state index contributed by atoms with van der Waals surface area (Å²) in [5.74, 6) is 2.28. The second-order valence-corrected chi connectivity index (χ2v) is 5.45. The van der Waals surface area contributed by atoms with Gasteiger partial charge in [-0.15, -0.1) is 0 Å². The quantitative estimate of drug-likeness (QED) is 0.842. The molecule has 0 amide bonds. The summed E-state index contributed by atoms with van der Waals surface area (Å²) in [5.41, 5.74) is 8.21. The zero-order chi connectivity index (χ0) is 12.3. The SMILES string of the molecule is Cc1[nH]c(C(C)CCN)nc1C1CCCCC1. The minimum absolute atomic E-state index is 0.455. The smallest absolute Gasteiger partial charge is 0.109 e. The number of hydrogen-bond donors (Lipinski definition) is 2. The third kappa shape index (κ3) is 2.89. The first-order chi connectivity index (χ1) is 8.22. The van der Waals surface area contributed by atoms with Gasteiger partial charge in [-0.3, -0.25) is 0 Å². The fraction of sp³-hybridized carbons (Fsp3) is 0.786. The van der Waals surface area contributed by atoms with E-state index in [1.54, 1.807) is 0 Å². The van der Waals surface area contributed by atoms with Crippen molar-refractivity contribution in [1.29, 1.82) is 0 Å². The highest BCUT2D eigenvalue weighted by Crippen LogP contribution is 2.34. The van der Waals surface area contributed by atoms with Gasteiger partial charge in [0.25, 0.3) is 0 Å². The number of aromatic amines is 1. The van der Waals surface area contributed by atoms with Crippen LogP contribution in [-0.4, -0.2) is 16.5 Å². The average molecular weight is 235 g/mol. The lowest BCUT2D eigenvalue weighted by atomic mass is 9.86. The van der Waals surface area contributed by atoms with E-state index >= 15 is 0 Å². The molecule has 17 heavy (non-hydrogen) atoms. The summed E-state index contributed by atoms with van der Waals surface area (Å²) in [6.45, 7) is 5.10. The first kappa shape index (κ1) is 12.6. The summed E-state index contributed by atoms with van der Waals surface area (Å²) in [6, 6.07) is 0. The van der Waals surface area contributed by atoms with Crippen LogP contribution in [-0.2, 0) is 0 Å². The van der Waals surface area contributed by atoms with Crippen LogP contribution >= 0.6 is 0 Å². The van der Waals surface area contributed by atoms with Crippen LogP contribution in [0.1, 0.15) is 74.5 Å². The summed E-state index contributed by atoms with van der Waals surface area (Å²) in [4.78, 5) is 8.30. The monoisotopic (exact) mass is 235 g/mol. The van der Waals surface area contributed by atoms with Gasteiger partial charge >= 0.3 is 0 Å². The van der Waals surface area contributed by atoms with Gasteiger partial charge in [-0.1, -0.05) is 26.2 Å². The summed E-state index contributed by atoms with van der Waals surface area (Å²) in [6.07, 6.45) is 7.77. The molecule has 1 fully saturated rings. The molecule has 1 aliphatic rings. The molecule has 1 atom stereocenters. The van der Waals surface area contributed by atoms with Crippen molar-refractivity contribution in [2.75, 3.05) is 6.54 Å². The molecule has 2 rings (SSSR count). The van der Waals surface area contributed by atoms with Gasteiger partial charge in [-0.25, -0.2) is 4.98 Å². The lowest BCUT2D eigenvalue weighted by Crippen LogP contribution is -2.07. The molecule has 1 unspecified atom stereocenters. The van der Waals surface area contributed by atoms with E-state index in [4.69, 9.17) is 10.7 Å². The van der Waals surface area contributed by atoms with Crippen LogP contribution in [0.3, 0.4) is 0 Å². The maximum absolute atomic E-state index is 5.61. The Labute approximate surface area is 104 Å². The van der Waals surface area contributed by atoms with E-state index in [1.165, 1.54) is 43.5 Å². The van der Waals surface area contributed by atoms with E-state index in [9.17, 15) is 0 Å². The molecule has 3 nitrogen and oxygen atoms in total. The third-order valence-electron chi connectivity index (χ3n) is 4.00. The van der Waals surface area contributed by atoms with Crippen molar-refractivity contribution in [3.63, 3.8) is 0 Å². The van der Waals surface area contributed by atoms with Crippen molar-refractivity contribution >= 4 is 0 Å². The second-order valence-electron chi connectivity index (χ2n) is 5.45. The van der Waals surface area contributed by atoms with Gasteiger partial charge in [0.15, 0.2) is 0 Å². The lowest BCUT2D eigenvalue weighted by molar-refractivity contribution is 0.435. The van der Waals surface area contributed by atoms with E-state index in [2.05, 4.69) is 18.8 Å². The third-order valence-corrected chi connectivity index (χ3v) is 4.00. The molecule has 0 spiro atoms. The summed E-state index contributed by atoms with van der Waals surface area (Å²) in [5, 5.41) is 0. The van der Waals surface area contributed by atoms with E-state index in [-0.39, 0.29) is 0 Å². The number of rotatable bonds is 4. The maximum atomic E-state index is 5.61. The fourth-order valence-corrected chi connectivity index (χ4v) is 2.89. The Morgan fingerprint density at radius 1 is 1.35 bits per heavy atom. The molecule has 1 heterocycles. The predicted molar refractivity (Wildman–Crippen MR) is 71.2 cm³/mol. The normalized spacial score (nSPS) is 19.5. The minimum atomic E-state index is 0.455. The highest BCUT2D eigenvalue weighted by Gasteiger charge is 2.21. The van der Waals surface area contributed by atoms with Crippen LogP contribution in [0.15, 0.2) is 0 Å². The lowest BCUT2D eigenvalue weighted by Gasteiger charge is -2.20. The largest absolute Gasteiger partial charge is 0.346 e. The van der Waals surface area contributed by atoms with Gasteiger partial charge < -0.3 is 10.7 Å². The number of hydrogen-bond acceptors (Lipinski definition) is 2. The Bertz CT molecular complexity index is 350. The fourth-order valence-electron chi connectivity index (χ4n) is 2.89. The zero-order valence-electron chi connectivity index (χ0n) is 11.1. The number of aryl methyl sites for hydroxylation is 1. The average Bonchev–Trinajstić information content (AvgIpc) is 2.73. The van der Waals surface area contributed by atoms with Gasteiger partial charge in [0.1, 0.15) is 5.82 Å². The number of nitrogens with zero attached hydrogens (tertiary/aromatic N) is 1. The molecule has 1 aromatic rings. The minimum Gasteiger partial charge on any atom is -0.346 e. The van der Waals surface area contributed by atoms with E-state index in [1.807, 2.05) is 0 Å². The first-order valence-corrected chi connectivity index (χ1v) is 6.98. The number of nitrogens with one attached hydrogen (secondary N) is 1. The zero-order valence-corrected chi connectivity index (χ0v) is 11.1. The molecule has 0 radical (unpaired) electrons. The van der Waals surface area contributed by atoms with Crippen LogP contribution in [0, 0.1) is 6.92 Å². The molecule has 0 aromatic carbocycles. The van der Waals surface area contributed by atoms with Crippen molar-refractivity contribution < 1.29 is 0 Å². The van der Waals surface area contributed by atoms with Crippen LogP contribution in [0.5, 0.6) is 0 Å².